The van der Waals surface area contributed by atoms with Crippen molar-refractivity contribution < 1.29 is 0 Å². The molecule has 0 bridgehead atoms. The highest BCUT2D eigenvalue weighted by molar-refractivity contribution is 6.31. The number of hydrogen-bond donors (Lipinski definition) is 2. The Labute approximate surface area is 130 Å². The van der Waals surface area contributed by atoms with Crippen molar-refractivity contribution >= 4 is 23.4 Å². The molecule has 0 unspecified atom stereocenters. The van der Waals surface area contributed by atoms with Gasteiger partial charge in [0.1, 0.15) is 0 Å². The summed E-state index contributed by atoms with van der Waals surface area (Å²) in [7, 11) is 0. The molecule has 0 radical (unpaired) electrons. The average Bonchev–Trinajstić information content (AvgIpc) is 2.51. The summed E-state index contributed by atoms with van der Waals surface area (Å²) in [4.78, 5) is 4.38. The van der Waals surface area contributed by atoms with Crippen LogP contribution in [0.1, 0.15) is 31.7 Å². The lowest BCUT2D eigenvalue weighted by atomic mass is 10.2. The smallest absolute Gasteiger partial charge is 0.244 e. The molecule has 0 aliphatic carbocycles. The van der Waals surface area contributed by atoms with Crippen LogP contribution in [0.4, 0.5) is 11.8 Å². The largest absolute Gasteiger partial charge is 0.364 e. The van der Waals surface area contributed by atoms with E-state index in [9.17, 15) is 0 Å². The molecule has 0 saturated heterocycles. The minimum atomic E-state index is 0.551. The lowest BCUT2D eigenvalue weighted by Crippen LogP contribution is -2.09. The van der Waals surface area contributed by atoms with Gasteiger partial charge in [-0.05, 0) is 18.1 Å². The predicted molar refractivity (Wildman–Crippen MR) is 86.6 cm³/mol. The molecular formula is C15H20ClN5. The van der Waals surface area contributed by atoms with Crippen LogP contribution in [0.2, 0.25) is 5.02 Å². The molecule has 1 heterocycles. The van der Waals surface area contributed by atoms with E-state index >= 15 is 0 Å². The number of nitrogens with one attached hydrogen (secondary N) is 2. The lowest BCUT2D eigenvalue weighted by Gasteiger charge is -2.08. The quantitative estimate of drug-likeness (QED) is 0.727. The second kappa shape index (κ2) is 8.42. The summed E-state index contributed by atoms with van der Waals surface area (Å²) in [5, 5.41) is 15.0. The van der Waals surface area contributed by atoms with E-state index in [2.05, 4.69) is 32.7 Å². The summed E-state index contributed by atoms with van der Waals surface area (Å²) in [6.45, 7) is 3.65. The van der Waals surface area contributed by atoms with Gasteiger partial charge in [0.05, 0.1) is 6.20 Å². The fourth-order valence-electron chi connectivity index (χ4n) is 1.87. The number of hydrogen-bond acceptors (Lipinski definition) is 5. The molecule has 6 heteroatoms. The third-order valence-electron chi connectivity index (χ3n) is 3.04. The zero-order valence-corrected chi connectivity index (χ0v) is 12.9. The first-order valence-electron chi connectivity index (χ1n) is 7.20. The highest BCUT2D eigenvalue weighted by Gasteiger charge is 2.02. The van der Waals surface area contributed by atoms with Crippen LogP contribution in [0.25, 0.3) is 0 Å². The Balaban J connectivity index is 1.87. The average molecular weight is 306 g/mol. The van der Waals surface area contributed by atoms with E-state index < -0.39 is 0 Å². The molecule has 2 N–H and O–H groups in total. The van der Waals surface area contributed by atoms with Gasteiger partial charge in [-0.2, -0.15) is 10.1 Å². The SMILES string of the molecule is CCCCCNc1nncc(NCc2ccccc2Cl)n1. The molecule has 2 rings (SSSR count). The zero-order chi connectivity index (χ0) is 14.9. The Kier molecular flexibility index (Phi) is 6.22. The maximum absolute atomic E-state index is 6.12. The fourth-order valence-corrected chi connectivity index (χ4v) is 2.07. The van der Waals surface area contributed by atoms with Gasteiger partial charge in [-0.1, -0.05) is 49.6 Å². The van der Waals surface area contributed by atoms with Crippen molar-refractivity contribution in [3.8, 4) is 0 Å². The lowest BCUT2D eigenvalue weighted by molar-refractivity contribution is 0.738. The normalized spacial score (nSPS) is 10.4. The number of anilines is 2. The maximum Gasteiger partial charge on any atom is 0.244 e. The van der Waals surface area contributed by atoms with Crippen LogP contribution in [0.3, 0.4) is 0 Å². The molecule has 2 aromatic rings. The summed E-state index contributed by atoms with van der Waals surface area (Å²) in [5.41, 5.74) is 1.02. The van der Waals surface area contributed by atoms with Gasteiger partial charge in [0, 0.05) is 18.1 Å². The topological polar surface area (TPSA) is 62.7 Å². The molecule has 1 aromatic carbocycles. The van der Waals surface area contributed by atoms with Gasteiger partial charge in [0.25, 0.3) is 0 Å². The number of benzene rings is 1. The van der Waals surface area contributed by atoms with Gasteiger partial charge >= 0.3 is 0 Å². The van der Waals surface area contributed by atoms with Crippen LogP contribution < -0.4 is 10.6 Å². The molecule has 112 valence electrons. The second-order valence-electron chi connectivity index (χ2n) is 4.74. The molecule has 0 amide bonds. The first-order chi connectivity index (χ1) is 10.3. The molecule has 0 spiro atoms. The molecule has 1 aromatic heterocycles. The Hall–Kier alpha value is -1.88. The Morgan fingerprint density at radius 3 is 2.81 bits per heavy atom. The fraction of sp³-hybridized carbons (Fsp3) is 0.400. The molecular weight excluding hydrogens is 286 g/mol. The van der Waals surface area contributed by atoms with Crippen LogP contribution in [-0.2, 0) is 6.54 Å². The number of nitrogens with zero attached hydrogens (tertiary/aromatic N) is 3. The third kappa shape index (κ3) is 5.19. The molecule has 0 fully saturated rings. The summed E-state index contributed by atoms with van der Waals surface area (Å²) in [6.07, 6.45) is 5.11. The predicted octanol–water partition coefficient (Wildman–Crippen LogP) is 3.74. The summed E-state index contributed by atoms with van der Waals surface area (Å²) >= 11 is 6.12. The second-order valence-corrected chi connectivity index (χ2v) is 5.15. The van der Waals surface area contributed by atoms with E-state index in [1.54, 1.807) is 6.20 Å². The molecule has 0 aliphatic heterocycles. The van der Waals surface area contributed by atoms with Crippen molar-refractivity contribution in [3.05, 3.63) is 41.0 Å². The third-order valence-corrected chi connectivity index (χ3v) is 3.41. The van der Waals surface area contributed by atoms with Gasteiger partial charge in [-0.3, -0.25) is 0 Å². The van der Waals surface area contributed by atoms with Crippen molar-refractivity contribution in [1.29, 1.82) is 0 Å². The van der Waals surface area contributed by atoms with E-state index in [-0.39, 0.29) is 0 Å². The minimum Gasteiger partial charge on any atom is -0.364 e. The molecule has 5 nitrogen and oxygen atoms in total. The highest BCUT2D eigenvalue weighted by Crippen LogP contribution is 2.16. The van der Waals surface area contributed by atoms with Crippen molar-refractivity contribution in [2.24, 2.45) is 0 Å². The van der Waals surface area contributed by atoms with E-state index in [4.69, 9.17) is 11.6 Å². The van der Waals surface area contributed by atoms with Gasteiger partial charge in [-0.15, -0.1) is 5.10 Å². The van der Waals surface area contributed by atoms with Crippen LogP contribution in [0, 0.1) is 0 Å². The first kappa shape index (κ1) is 15.5. The van der Waals surface area contributed by atoms with Gasteiger partial charge in [0.2, 0.25) is 5.95 Å². The van der Waals surface area contributed by atoms with Crippen molar-refractivity contribution in [1.82, 2.24) is 15.2 Å². The van der Waals surface area contributed by atoms with Crippen LogP contribution >= 0.6 is 11.6 Å². The van der Waals surface area contributed by atoms with Gasteiger partial charge < -0.3 is 10.6 Å². The van der Waals surface area contributed by atoms with Crippen molar-refractivity contribution in [3.63, 3.8) is 0 Å². The number of halogens is 1. The van der Waals surface area contributed by atoms with Crippen molar-refractivity contribution in [2.45, 2.75) is 32.7 Å². The van der Waals surface area contributed by atoms with E-state index in [0.717, 1.165) is 23.6 Å². The standard InChI is InChI=1S/C15H20ClN5/c1-2-3-6-9-17-15-20-14(11-19-21-15)18-10-12-7-4-5-8-13(12)16/h4-5,7-8,11H,2-3,6,9-10H2,1H3,(H2,17,18,20,21). The van der Waals surface area contributed by atoms with E-state index in [1.165, 1.54) is 12.8 Å². The van der Waals surface area contributed by atoms with Crippen LogP contribution in [-0.4, -0.2) is 21.7 Å². The van der Waals surface area contributed by atoms with Gasteiger partial charge in [-0.25, -0.2) is 0 Å². The monoisotopic (exact) mass is 305 g/mol. The summed E-state index contributed by atoms with van der Waals surface area (Å²) < 4.78 is 0. The minimum absolute atomic E-state index is 0.551. The number of unbranched alkanes of at least 4 members (excludes halogenated alkanes) is 2. The number of rotatable bonds is 8. The highest BCUT2D eigenvalue weighted by atomic mass is 35.5. The first-order valence-corrected chi connectivity index (χ1v) is 7.58. The van der Waals surface area contributed by atoms with E-state index in [0.29, 0.717) is 18.3 Å². The molecule has 0 saturated carbocycles. The summed E-state index contributed by atoms with van der Waals surface area (Å²) in [5.74, 6) is 1.23. The van der Waals surface area contributed by atoms with Crippen LogP contribution in [0.15, 0.2) is 30.5 Å². The van der Waals surface area contributed by atoms with E-state index in [1.807, 2.05) is 24.3 Å². The molecule has 0 atom stereocenters. The zero-order valence-electron chi connectivity index (χ0n) is 12.1. The maximum atomic E-state index is 6.12. The summed E-state index contributed by atoms with van der Waals surface area (Å²) in [6, 6.07) is 7.73. The molecule has 0 aliphatic rings. The molecule has 21 heavy (non-hydrogen) atoms. The number of aromatic nitrogens is 3. The Morgan fingerprint density at radius 1 is 1.14 bits per heavy atom. The van der Waals surface area contributed by atoms with Crippen molar-refractivity contribution in [2.75, 3.05) is 17.2 Å². The Morgan fingerprint density at radius 2 is 2.00 bits per heavy atom. The van der Waals surface area contributed by atoms with Crippen LogP contribution in [0.5, 0.6) is 0 Å². The Bertz CT molecular complexity index is 561. The van der Waals surface area contributed by atoms with Gasteiger partial charge in [0.15, 0.2) is 5.82 Å².